The molecular formula is C49H31NO2. The Hall–Kier alpha value is -6.84. The van der Waals surface area contributed by atoms with E-state index in [1.807, 2.05) is 0 Å². The minimum Gasteiger partial charge on any atom is -0.457 e. The number of para-hydroxylation sites is 5. The molecule has 244 valence electrons. The van der Waals surface area contributed by atoms with E-state index in [1.54, 1.807) is 0 Å². The van der Waals surface area contributed by atoms with Crippen molar-refractivity contribution in [1.29, 1.82) is 0 Å². The molecule has 52 heavy (non-hydrogen) atoms. The van der Waals surface area contributed by atoms with Crippen LogP contribution in [0.25, 0.3) is 49.7 Å². The van der Waals surface area contributed by atoms with E-state index in [0.29, 0.717) is 0 Å². The summed E-state index contributed by atoms with van der Waals surface area (Å²) in [5, 5.41) is 2.47. The van der Waals surface area contributed by atoms with Gasteiger partial charge < -0.3 is 14.0 Å². The fraction of sp³-hybridized carbons (Fsp3) is 0.0204. The largest absolute Gasteiger partial charge is 0.457 e. The quantitative estimate of drug-likeness (QED) is 0.187. The maximum absolute atomic E-state index is 6.89. The van der Waals surface area contributed by atoms with Crippen molar-refractivity contribution in [2.24, 2.45) is 0 Å². The Balaban J connectivity index is 1.16. The SMILES string of the molecule is c1ccc(-c2cccc3c2Oc2ccccc2C32c3ccccc3Oc3cc(-c4ccc5c6ccccc6n(-c6ccccc6)c5c4)ccc32)cc1. The van der Waals surface area contributed by atoms with Crippen LogP contribution in [-0.4, -0.2) is 4.57 Å². The molecule has 1 spiro atoms. The van der Waals surface area contributed by atoms with Gasteiger partial charge in [-0.3, -0.25) is 0 Å². The Morgan fingerprint density at radius 2 is 0.962 bits per heavy atom. The molecule has 0 saturated heterocycles. The van der Waals surface area contributed by atoms with Gasteiger partial charge in [0.1, 0.15) is 23.0 Å². The van der Waals surface area contributed by atoms with Gasteiger partial charge in [0.15, 0.2) is 0 Å². The number of ether oxygens (including phenoxy) is 2. The standard InChI is InChI=1S/C49H31NO2/c1-3-14-32(15-4-1)36-19-13-22-42-48(36)52-46-25-12-9-21-40(46)49(42)39-20-8-11-24-45(39)51-47-31-34(27-29-41(47)49)33-26-28-38-37-18-7-10-23-43(37)50(44(38)30-33)35-16-5-2-6-17-35/h1-31H. The van der Waals surface area contributed by atoms with Gasteiger partial charge in [0, 0.05) is 44.3 Å². The van der Waals surface area contributed by atoms with E-state index < -0.39 is 5.41 Å². The molecule has 0 N–H and O–H groups in total. The third kappa shape index (κ3) is 4.02. The number of nitrogens with zero attached hydrogens (tertiary/aromatic N) is 1. The van der Waals surface area contributed by atoms with Gasteiger partial charge >= 0.3 is 0 Å². The molecule has 11 rings (SSSR count). The average molecular weight is 666 g/mol. The van der Waals surface area contributed by atoms with E-state index >= 15 is 0 Å². The first-order chi connectivity index (χ1) is 25.8. The summed E-state index contributed by atoms with van der Waals surface area (Å²) >= 11 is 0. The zero-order chi connectivity index (χ0) is 34.2. The minimum atomic E-state index is -0.665. The molecule has 3 heteroatoms. The molecule has 2 aliphatic rings. The van der Waals surface area contributed by atoms with Crippen molar-refractivity contribution in [2.45, 2.75) is 5.41 Å². The van der Waals surface area contributed by atoms with Gasteiger partial charge in [-0.15, -0.1) is 0 Å². The second-order valence-corrected chi connectivity index (χ2v) is 13.6. The predicted molar refractivity (Wildman–Crippen MR) is 210 cm³/mol. The average Bonchev–Trinajstić information content (AvgIpc) is 3.55. The van der Waals surface area contributed by atoms with Crippen molar-refractivity contribution < 1.29 is 9.47 Å². The maximum atomic E-state index is 6.89. The topological polar surface area (TPSA) is 23.4 Å². The maximum Gasteiger partial charge on any atom is 0.140 e. The van der Waals surface area contributed by atoms with Gasteiger partial charge in [0.2, 0.25) is 0 Å². The van der Waals surface area contributed by atoms with E-state index in [-0.39, 0.29) is 0 Å². The molecule has 2 aliphatic heterocycles. The lowest BCUT2D eigenvalue weighted by atomic mass is 9.62. The summed E-state index contributed by atoms with van der Waals surface area (Å²) < 4.78 is 16.1. The zero-order valence-corrected chi connectivity index (χ0v) is 28.2. The molecular weight excluding hydrogens is 635 g/mol. The Morgan fingerprint density at radius 1 is 0.365 bits per heavy atom. The molecule has 0 bridgehead atoms. The Bertz CT molecular complexity index is 2840. The predicted octanol–water partition coefficient (Wildman–Crippen LogP) is 12.7. The van der Waals surface area contributed by atoms with Crippen LogP contribution >= 0.6 is 0 Å². The van der Waals surface area contributed by atoms with E-state index in [0.717, 1.165) is 73.2 Å². The van der Waals surface area contributed by atoms with Crippen molar-refractivity contribution in [3.63, 3.8) is 0 Å². The normalized spacial score (nSPS) is 15.3. The third-order valence-electron chi connectivity index (χ3n) is 10.9. The van der Waals surface area contributed by atoms with Crippen LogP contribution in [0.2, 0.25) is 0 Å². The molecule has 0 saturated carbocycles. The number of rotatable bonds is 3. The van der Waals surface area contributed by atoms with Crippen LogP contribution in [0, 0.1) is 0 Å². The summed E-state index contributed by atoms with van der Waals surface area (Å²) in [5.74, 6) is 3.41. The van der Waals surface area contributed by atoms with Gasteiger partial charge in [-0.2, -0.15) is 0 Å². The third-order valence-corrected chi connectivity index (χ3v) is 10.9. The number of benzene rings is 8. The van der Waals surface area contributed by atoms with Crippen LogP contribution in [0.15, 0.2) is 188 Å². The second kappa shape index (κ2) is 11.1. The molecule has 3 nitrogen and oxygen atoms in total. The van der Waals surface area contributed by atoms with Gasteiger partial charge in [0.05, 0.1) is 16.4 Å². The highest BCUT2D eigenvalue weighted by Crippen LogP contribution is 2.62. The van der Waals surface area contributed by atoms with Crippen LogP contribution in [0.1, 0.15) is 22.3 Å². The first-order valence-corrected chi connectivity index (χ1v) is 17.8. The van der Waals surface area contributed by atoms with Crippen LogP contribution in [0.4, 0.5) is 0 Å². The summed E-state index contributed by atoms with van der Waals surface area (Å²) in [6, 6.07) is 66.9. The van der Waals surface area contributed by atoms with Crippen LogP contribution < -0.4 is 9.47 Å². The summed E-state index contributed by atoms with van der Waals surface area (Å²) in [5.41, 5.74) is 11.7. The van der Waals surface area contributed by atoms with Gasteiger partial charge in [-0.05, 0) is 59.2 Å². The van der Waals surface area contributed by atoms with Crippen molar-refractivity contribution in [3.05, 3.63) is 210 Å². The number of aromatic nitrogens is 1. The molecule has 0 fully saturated rings. The van der Waals surface area contributed by atoms with E-state index in [9.17, 15) is 0 Å². The molecule has 0 radical (unpaired) electrons. The van der Waals surface area contributed by atoms with Crippen molar-refractivity contribution in [3.8, 4) is 50.9 Å². The molecule has 0 aliphatic carbocycles. The fourth-order valence-electron chi connectivity index (χ4n) is 8.72. The first kappa shape index (κ1) is 28.9. The molecule has 8 aromatic carbocycles. The van der Waals surface area contributed by atoms with Crippen molar-refractivity contribution >= 4 is 21.8 Å². The molecule has 0 amide bonds. The minimum absolute atomic E-state index is 0.665. The lowest BCUT2D eigenvalue weighted by Crippen LogP contribution is -2.37. The van der Waals surface area contributed by atoms with Crippen LogP contribution in [0.3, 0.4) is 0 Å². The molecule has 9 aromatic rings. The van der Waals surface area contributed by atoms with E-state index in [4.69, 9.17) is 9.47 Å². The summed E-state index contributed by atoms with van der Waals surface area (Å²) in [6.07, 6.45) is 0. The smallest absolute Gasteiger partial charge is 0.140 e. The number of fused-ring (bicyclic) bond motifs is 11. The zero-order valence-electron chi connectivity index (χ0n) is 28.2. The van der Waals surface area contributed by atoms with Gasteiger partial charge in [-0.25, -0.2) is 0 Å². The molecule has 3 heterocycles. The van der Waals surface area contributed by atoms with Crippen molar-refractivity contribution in [2.75, 3.05) is 0 Å². The monoisotopic (exact) mass is 665 g/mol. The Kier molecular flexibility index (Phi) is 6.17. The summed E-state index contributed by atoms with van der Waals surface area (Å²) in [4.78, 5) is 0. The highest BCUT2D eigenvalue weighted by Gasteiger charge is 2.51. The van der Waals surface area contributed by atoms with Gasteiger partial charge in [0.25, 0.3) is 0 Å². The lowest BCUT2D eigenvalue weighted by Gasteiger charge is -2.45. The van der Waals surface area contributed by atoms with E-state index in [1.165, 1.54) is 21.8 Å². The molecule has 1 atom stereocenters. The fourth-order valence-corrected chi connectivity index (χ4v) is 8.72. The first-order valence-electron chi connectivity index (χ1n) is 17.8. The molecule has 1 aromatic heterocycles. The highest BCUT2D eigenvalue weighted by atomic mass is 16.5. The summed E-state index contributed by atoms with van der Waals surface area (Å²) in [6.45, 7) is 0. The lowest BCUT2D eigenvalue weighted by molar-refractivity contribution is 0.400. The van der Waals surface area contributed by atoms with Crippen LogP contribution in [-0.2, 0) is 5.41 Å². The van der Waals surface area contributed by atoms with E-state index in [2.05, 4.69) is 193 Å². The number of hydrogen-bond donors (Lipinski definition) is 0. The van der Waals surface area contributed by atoms with Gasteiger partial charge in [-0.1, -0.05) is 146 Å². The number of hydrogen-bond acceptors (Lipinski definition) is 2. The molecule has 1 unspecified atom stereocenters. The van der Waals surface area contributed by atoms with Crippen LogP contribution in [0.5, 0.6) is 23.0 Å². The Morgan fingerprint density at radius 3 is 1.77 bits per heavy atom. The Labute approximate surface area is 301 Å². The van der Waals surface area contributed by atoms with Crippen molar-refractivity contribution in [1.82, 2.24) is 4.57 Å². The summed E-state index contributed by atoms with van der Waals surface area (Å²) in [7, 11) is 0. The second-order valence-electron chi connectivity index (χ2n) is 13.6. The highest BCUT2D eigenvalue weighted by molar-refractivity contribution is 6.10.